The number of nitrogens with zero attached hydrogens (tertiary/aromatic N) is 3. The number of aromatic nitrogens is 3. The Bertz CT molecular complexity index is 502. The van der Waals surface area contributed by atoms with E-state index in [0.29, 0.717) is 10.9 Å². The highest BCUT2D eigenvalue weighted by Gasteiger charge is 2.18. The van der Waals surface area contributed by atoms with Gasteiger partial charge in [-0.1, -0.05) is 11.6 Å². The molecule has 1 N–H and O–H groups in total. The Balaban J connectivity index is 1.97. The molecule has 1 aliphatic rings. The van der Waals surface area contributed by atoms with Crippen LogP contribution in [0.4, 0.5) is 0 Å². The Morgan fingerprint density at radius 1 is 1.31 bits per heavy atom. The molecule has 0 amide bonds. The first kappa shape index (κ1) is 10.1. The quantitative estimate of drug-likeness (QED) is 0.822. The molecule has 2 aromatic rings. The monoisotopic (exact) mass is 236 g/mol. The lowest BCUT2D eigenvalue weighted by molar-refractivity contribution is 0.454. The van der Waals surface area contributed by atoms with Crippen LogP contribution in [-0.4, -0.2) is 27.5 Å². The van der Waals surface area contributed by atoms with Gasteiger partial charge in [0.25, 0.3) is 0 Å². The maximum Gasteiger partial charge on any atom is 0.234 e. The van der Waals surface area contributed by atoms with Crippen molar-refractivity contribution in [3.8, 4) is 0 Å². The van der Waals surface area contributed by atoms with Gasteiger partial charge in [-0.2, -0.15) is 0 Å². The third-order valence-corrected chi connectivity index (χ3v) is 3.25. The van der Waals surface area contributed by atoms with Crippen LogP contribution in [0.1, 0.15) is 24.5 Å². The van der Waals surface area contributed by atoms with Crippen LogP contribution in [0.15, 0.2) is 18.6 Å². The van der Waals surface area contributed by atoms with Crippen molar-refractivity contribution in [2.45, 2.75) is 18.8 Å². The van der Waals surface area contributed by atoms with Gasteiger partial charge in [0.05, 0.1) is 16.9 Å². The van der Waals surface area contributed by atoms with E-state index in [4.69, 9.17) is 11.6 Å². The highest BCUT2D eigenvalue weighted by Crippen LogP contribution is 2.24. The van der Waals surface area contributed by atoms with Gasteiger partial charge in [-0.15, -0.1) is 0 Å². The Labute approximate surface area is 98.7 Å². The molecule has 4 nitrogen and oxygen atoms in total. The lowest BCUT2D eigenvalue weighted by Crippen LogP contribution is -2.26. The van der Waals surface area contributed by atoms with Crippen molar-refractivity contribution in [2.24, 2.45) is 0 Å². The van der Waals surface area contributed by atoms with Crippen molar-refractivity contribution in [2.75, 3.05) is 13.1 Å². The number of halogens is 1. The van der Waals surface area contributed by atoms with Gasteiger partial charge >= 0.3 is 0 Å². The molecule has 1 saturated heterocycles. The molecule has 1 fully saturated rings. The Morgan fingerprint density at radius 3 is 2.94 bits per heavy atom. The van der Waals surface area contributed by atoms with E-state index >= 15 is 0 Å². The summed E-state index contributed by atoms with van der Waals surface area (Å²) in [5.74, 6) is 1.29. The molecule has 3 rings (SSSR count). The molecule has 0 bridgehead atoms. The van der Waals surface area contributed by atoms with Gasteiger partial charge in [-0.3, -0.25) is 4.40 Å². The average molecular weight is 237 g/mol. The summed E-state index contributed by atoms with van der Waals surface area (Å²) < 4.78 is 1.90. The number of fused-ring (bicyclic) bond motifs is 1. The summed E-state index contributed by atoms with van der Waals surface area (Å²) >= 11 is 5.89. The lowest BCUT2D eigenvalue weighted by atomic mass is 9.95. The zero-order valence-electron chi connectivity index (χ0n) is 8.86. The minimum atomic E-state index is 0.557. The van der Waals surface area contributed by atoms with Crippen molar-refractivity contribution >= 4 is 17.4 Å². The fourth-order valence-corrected chi connectivity index (χ4v) is 2.35. The van der Waals surface area contributed by atoms with E-state index in [0.717, 1.165) is 37.4 Å². The zero-order chi connectivity index (χ0) is 11.0. The van der Waals surface area contributed by atoms with E-state index in [9.17, 15) is 0 Å². The fourth-order valence-electron chi connectivity index (χ4n) is 2.19. The molecule has 0 saturated carbocycles. The number of imidazole rings is 1. The van der Waals surface area contributed by atoms with Crippen molar-refractivity contribution in [1.29, 1.82) is 0 Å². The predicted molar refractivity (Wildman–Crippen MR) is 62.8 cm³/mol. The highest BCUT2D eigenvalue weighted by molar-refractivity contribution is 6.30. The molecule has 0 aromatic carbocycles. The minimum absolute atomic E-state index is 0.557. The van der Waals surface area contributed by atoms with Crippen molar-refractivity contribution < 1.29 is 0 Å². The van der Waals surface area contributed by atoms with Crippen molar-refractivity contribution in [1.82, 2.24) is 19.7 Å². The van der Waals surface area contributed by atoms with Crippen LogP contribution in [0.3, 0.4) is 0 Å². The molecule has 84 valence electrons. The van der Waals surface area contributed by atoms with Crippen LogP contribution < -0.4 is 5.32 Å². The van der Waals surface area contributed by atoms with Gasteiger partial charge in [0.1, 0.15) is 0 Å². The summed E-state index contributed by atoms with van der Waals surface area (Å²) in [6.07, 6.45) is 7.83. The van der Waals surface area contributed by atoms with E-state index in [-0.39, 0.29) is 0 Å². The van der Waals surface area contributed by atoms with Gasteiger partial charge in [-0.05, 0) is 25.9 Å². The maximum absolute atomic E-state index is 5.89. The fraction of sp³-hybridized carbons (Fsp3) is 0.455. The van der Waals surface area contributed by atoms with Crippen LogP contribution in [-0.2, 0) is 0 Å². The van der Waals surface area contributed by atoms with Gasteiger partial charge in [0, 0.05) is 18.3 Å². The van der Waals surface area contributed by atoms with Gasteiger partial charge < -0.3 is 5.32 Å². The normalized spacial score (nSPS) is 18.1. The van der Waals surface area contributed by atoms with E-state index in [1.54, 1.807) is 6.20 Å². The number of hydrogen-bond acceptors (Lipinski definition) is 3. The number of hydrogen-bond donors (Lipinski definition) is 1. The number of nitrogens with one attached hydrogen (secondary N) is 1. The summed E-state index contributed by atoms with van der Waals surface area (Å²) in [4.78, 5) is 8.74. The highest BCUT2D eigenvalue weighted by atomic mass is 35.5. The van der Waals surface area contributed by atoms with Gasteiger partial charge in [-0.25, -0.2) is 9.97 Å². The van der Waals surface area contributed by atoms with Gasteiger partial charge in [0.15, 0.2) is 0 Å². The topological polar surface area (TPSA) is 42.2 Å². The van der Waals surface area contributed by atoms with E-state index in [2.05, 4.69) is 15.3 Å². The summed E-state index contributed by atoms with van der Waals surface area (Å²) in [7, 11) is 0. The first-order valence-corrected chi connectivity index (χ1v) is 5.91. The van der Waals surface area contributed by atoms with E-state index < -0.39 is 0 Å². The molecule has 0 unspecified atom stereocenters. The second-order valence-electron chi connectivity index (χ2n) is 4.17. The molecule has 1 aliphatic heterocycles. The molecule has 0 spiro atoms. The second kappa shape index (κ2) is 4.03. The Hall–Kier alpha value is -1.13. The molecule has 5 heteroatoms. The molecule has 3 heterocycles. The first-order chi connectivity index (χ1) is 7.83. The van der Waals surface area contributed by atoms with Crippen molar-refractivity contribution in [3.05, 3.63) is 29.3 Å². The molecule has 16 heavy (non-hydrogen) atoms. The van der Waals surface area contributed by atoms with E-state index in [1.807, 2.05) is 16.8 Å². The molecule has 0 atom stereocenters. The minimum Gasteiger partial charge on any atom is -0.317 e. The standard InChI is InChI=1S/C11H13ClN4/c12-9-5-14-11-15-10(7-16(11)6-9)8-1-3-13-4-2-8/h5-8,13H,1-4H2. The number of piperidine rings is 1. The molecule has 2 aromatic heterocycles. The van der Waals surface area contributed by atoms with Crippen LogP contribution >= 0.6 is 11.6 Å². The largest absolute Gasteiger partial charge is 0.317 e. The average Bonchev–Trinajstić information content (AvgIpc) is 2.73. The zero-order valence-corrected chi connectivity index (χ0v) is 9.61. The van der Waals surface area contributed by atoms with Crippen molar-refractivity contribution in [3.63, 3.8) is 0 Å². The smallest absolute Gasteiger partial charge is 0.234 e. The predicted octanol–water partition coefficient (Wildman–Crippen LogP) is 1.85. The third-order valence-electron chi connectivity index (χ3n) is 3.05. The summed E-state index contributed by atoms with van der Waals surface area (Å²) in [5, 5.41) is 4.00. The van der Waals surface area contributed by atoms with E-state index in [1.165, 1.54) is 0 Å². The van der Waals surface area contributed by atoms with Crippen LogP contribution in [0.25, 0.3) is 5.78 Å². The lowest BCUT2D eigenvalue weighted by Gasteiger charge is -2.20. The van der Waals surface area contributed by atoms with Crippen LogP contribution in [0.5, 0.6) is 0 Å². The number of rotatable bonds is 1. The molecular weight excluding hydrogens is 224 g/mol. The summed E-state index contributed by atoms with van der Waals surface area (Å²) in [6.45, 7) is 2.15. The maximum atomic E-state index is 5.89. The Kier molecular flexibility index (Phi) is 2.53. The summed E-state index contributed by atoms with van der Waals surface area (Å²) in [5.41, 5.74) is 1.14. The summed E-state index contributed by atoms with van der Waals surface area (Å²) in [6, 6.07) is 0. The van der Waals surface area contributed by atoms with Crippen LogP contribution in [0, 0.1) is 0 Å². The van der Waals surface area contributed by atoms with Gasteiger partial charge in [0.2, 0.25) is 5.78 Å². The first-order valence-electron chi connectivity index (χ1n) is 5.54. The molecule has 0 aliphatic carbocycles. The SMILES string of the molecule is Clc1cnc2nc(C3CCNCC3)cn2c1. The molecule has 0 radical (unpaired) electrons. The molecular formula is C11H13ClN4. The Morgan fingerprint density at radius 2 is 2.12 bits per heavy atom. The second-order valence-corrected chi connectivity index (χ2v) is 4.61. The van der Waals surface area contributed by atoms with Crippen LogP contribution in [0.2, 0.25) is 5.02 Å². The third kappa shape index (κ3) is 1.79.